The van der Waals surface area contributed by atoms with Crippen LogP contribution in [-0.4, -0.2) is 43.5 Å². The number of nitrogens with zero attached hydrogens (tertiary/aromatic N) is 2. The maximum atomic E-state index is 12.3. The van der Waals surface area contributed by atoms with E-state index in [0.717, 1.165) is 53.7 Å². The Morgan fingerprint density at radius 2 is 1.88 bits per heavy atom. The van der Waals surface area contributed by atoms with Crippen molar-refractivity contribution in [2.75, 3.05) is 42.9 Å². The third-order valence-electron chi connectivity index (χ3n) is 4.61. The van der Waals surface area contributed by atoms with Gasteiger partial charge in [0.1, 0.15) is 0 Å². The van der Waals surface area contributed by atoms with Crippen molar-refractivity contribution < 1.29 is 4.79 Å². The Morgan fingerprint density at radius 3 is 2.46 bits per heavy atom. The quantitative estimate of drug-likeness (QED) is 0.918. The summed E-state index contributed by atoms with van der Waals surface area (Å²) in [6, 6.07) is 10.2. The van der Waals surface area contributed by atoms with Gasteiger partial charge in [0, 0.05) is 42.4 Å². The van der Waals surface area contributed by atoms with Gasteiger partial charge in [0.15, 0.2) is 0 Å². The maximum absolute atomic E-state index is 12.3. The number of amides is 1. The number of hydrogen-bond donors (Lipinski definition) is 1. The SMILES string of the molecule is CCN1CCN(c2ccc(NC(=O)c3ccc(C)s3)c(C)c2)CC1. The normalized spacial score (nSPS) is 15.5. The highest BCUT2D eigenvalue weighted by atomic mass is 32.1. The fourth-order valence-electron chi connectivity index (χ4n) is 3.05. The van der Waals surface area contributed by atoms with E-state index in [1.165, 1.54) is 17.0 Å². The van der Waals surface area contributed by atoms with Crippen LogP contribution in [0.25, 0.3) is 0 Å². The molecular weight excluding hydrogens is 318 g/mol. The molecular formula is C19H25N3OS. The number of hydrogen-bond acceptors (Lipinski definition) is 4. The van der Waals surface area contributed by atoms with E-state index in [2.05, 4.69) is 41.1 Å². The molecule has 2 heterocycles. The van der Waals surface area contributed by atoms with Gasteiger partial charge in [-0.05, 0) is 56.3 Å². The fraction of sp³-hybridized carbons (Fsp3) is 0.421. The molecule has 1 aliphatic heterocycles. The van der Waals surface area contributed by atoms with E-state index in [0.29, 0.717) is 0 Å². The van der Waals surface area contributed by atoms with Crippen LogP contribution in [0.1, 0.15) is 27.0 Å². The first-order valence-electron chi connectivity index (χ1n) is 8.52. The summed E-state index contributed by atoms with van der Waals surface area (Å²) in [7, 11) is 0. The van der Waals surface area contributed by atoms with E-state index in [9.17, 15) is 4.79 Å². The standard InChI is InChI=1S/C19H25N3OS/c1-4-21-9-11-22(12-10-21)16-6-7-17(14(2)13-16)20-19(23)18-8-5-15(3)24-18/h5-8,13H,4,9-12H2,1-3H3,(H,20,23). The van der Waals surface area contributed by atoms with Crippen molar-refractivity contribution in [1.82, 2.24) is 4.90 Å². The lowest BCUT2D eigenvalue weighted by atomic mass is 10.1. The van der Waals surface area contributed by atoms with E-state index >= 15 is 0 Å². The third kappa shape index (κ3) is 3.79. The van der Waals surface area contributed by atoms with Gasteiger partial charge in [-0.25, -0.2) is 0 Å². The lowest BCUT2D eigenvalue weighted by molar-refractivity contribution is 0.103. The first kappa shape index (κ1) is 17.0. The number of rotatable bonds is 4. The van der Waals surface area contributed by atoms with Crippen LogP contribution in [0, 0.1) is 13.8 Å². The number of benzene rings is 1. The second-order valence-corrected chi connectivity index (χ2v) is 7.57. The Balaban J connectivity index is 1.67. The average molecular weight is 343 g/mol. The Bertz CT molecular complexity index is 717. The summed E-state index contributed by atoms with van der Waals surface area (Å²) in [5.41, 5.74) is 3.24. The van der Waals surface area contributed by atoms with Crippen molar-refractivity contribution in [1.29, 1.82) is 0 Å². The van der Waals surface area contributed by atoms with Gasteiger partial charge in [0.25, 0.3) is 5.91 Å². The minimum absolute atomic E-state index is 0.0273. The zero-order valence-electron chi connectivity index (χ0n) is 14.6. The van der Waals surface area contributed by atoms with Crippen molar-refractivity contribution in [3.05, 3.63) is 45.6 Å². The Kier molecular flexibility index (Phi) is 5.21. The topological polar surface area (TPSA) is 35.6 Å². The largest absolute Gasteiger partial charge is 0.369 e. The number of anilines is 2. The predicted octanol–water partition coefficient (Wildman–Crippen LogP) is 3.76. The second kappa shape index (κ2) is 7.36. The van der Waals surface area contributed by atoms with E-state index in [1.54, 1.807) is 0 Å². The van der Waals surface area contributed by atoms with Crippen LogP contribution >= 0.6 is 11.3 Å². The molecule has 1 amide bonds. The number of thiophene rings is 1. The molecule has 1 saturated heterocycles. The van der Waals surface area contributed by atoms with Gasteiger partial charge in [-0.2, -0.15) is 0 Å². The molecule has 2 aromatic rings. The summed E-state index contributed by atoms with van der Waals surface area (Å²) in [5, 5.41) is 3.03. The van der Waals surface area contributed by atoms with E-state index in [1.807, 2.05) is 25.1 Å². The number of piperazine rings is 1. The average Bonchev–Trinajstić information content (AvgIpc) is 3.03. The molecule has 0 saturated carbocycles. The zero-order chi connectivity index (χ0) is 17.1. The molecule has 1 fully saturated rings. The molecule has 1 aromatic heterocycles. The molecule has 0 atom stereocenters. The van der Waals surface area contributed by atoms with Crippen molar-refractivity contribution >= 4 is 28.6 Å². The highest BCUT2D eigenvalue weighted by Gasteiger charge is 2.17. The highest BCUT2D eigenvalue weighted by Crippen LogP contribution is 2.25. The van der Waals surface area contributed by atoms with Gasteiger partial charge < -0.3 is 15.1 Å². The number of carbonyl (C=O) groups excluding carboxylic acids is 1. The van der Waals surface area contributed by atoms with Crippen molar-refractivity contribution in [3.8, 4) is 0 Å². The monoisotopic (exact) mass is 343 g/mol. The van der Waals surface area contributed by atoms with E-state index < -0.39 is 0 Å². The number of aryl methyl sites for hydroxylation is 2. The molecule has 1 aliphatic rings. The van der Waals surface area contributed by atoms with Crippen LogP contribution in [0.4, 0.5) is 11.4 Å². The molecule has 4 nitrogen and oxygen atoms in total. The first-order valence-corrected chi connectivity index (χ1v) is 9.34. The molecule has 24 heavy (non-hydrogen) atoms. The van der Waals surface area contributed by atoms with Gasteiger partial charge in [0.05, 0.1) is 4.88 Å². The Hall–Kier alpha value is -1.85. The van der Waals surface area contributed by atoms with Crippen molar-refractivity contribution in [3.63, 3.8) is 0 Å². The molecule has 0 radical (unpaired) electrons. The predicted molar refractivity (Wildman–Crippen MR) is 103 cm³/mol. The van der Waals surface area contributed by atoms with Crippen LogP contribution in [0.5, 0.6) is 0 Å². The summed E-state index contributed by atoms with van der Waals surface area (Å²) in [5.74, 6) is -0.0273. The van der Waals surface area contributed by atoms with Gasteiger partial charge >= 0.3 is 0 Å². The lowest BCUT2D eigenvalue weighted by Crippen LogP contribution is -2.46. The van der Waals surface area contributed by atoms with Crippen LogP contribution in [0.3, 0.4) is 0 Å². The highest BCUT2D eigenvalue weighted by molar-refractivity contribution is 7.14. The van der Waals surface area contributed by atoms with Gasteiger partial charge in [-0.15, -0.1) is 11.3 Å². The van der Waals surface area contributed by atoms with Gasteiger partial charge in [-0.3, -0.25) is 4.79 Å². The molecule has 3 rings (SSSR count). The minimum atomic E-state index is -0.0273. The molecule has 0 unspecified atom stereocenters. The molecule has 1 aromatic carbocycles. The van der Waals surface area contributed by atoms with Gasteiger partial charge in [-0.1, -0.05) is 6.92 Å². The van der Waals surface area contributed by atoms with E-state index in [4.69, 9.17) is 0 Å². The van der Waals surface area contributed by atoms with Crippen LogP contribution < -0.4 is 10.2 Å². The molecule has 1 N–H and O–H groups in total. The fourth-order valence-corrected chi connectivity index (χ4v) is 3.81. The van der Waals surface area contributed by atoms with E-state index in [-0.39, 0.29) is 5.91 Å². The summed E-state index contributed by atoms with van der Waals surface area (Å²) < 4.78 is 0. The zero-order valence-corrected chi connectivity index (χ0v) is 15.4. The molecule has 128 valence electrons. The summed E-state index contributed by atoms with van der Waals surface area (Å²) in [4.78, 5) is 19.1. The first-order chi connectivity index (χ1) is 11.6. The lowest BCUT2D eigenvalue weighted by Gasteiger charge is -2.35. The van der Waals surface area contributed by atoms with Crippen LogP contribution in [-0.2, 0) is 0 Å². The van der Waals surface area contributed by atoms with Gasteiger partial charge in [0.2, 0.25) is 0 Å². The maximum Gasteiger partial charge on any atom is 0.265 e. The summed E-state index contributed by atoms with van der Waals surface area (Å²) in [6.07, 6.45) is 0. The molecule has 5 heteroatoms. The molecule has 0 spiro atoms. The number of likely N-dealkylation sites (N-methyl/N-ethyl adjacent to an activating group) is 1. The van der Waals surface area contributed by atoms with Crippen LogP contribution in [0.15, 0.2) is 30.3 Å². The van der Waals surface area contributed by atoms with Crippen LogP contribution in [0.2, 0.25) is 0 Å². The molecule has 0 bridgehead atoms. The summed E-state index contributed by atoms with van der Waals surface area (Å²) >= 11 is 1.52. The third-order valence-corrected chi connectivity index (χ3v) is 5.61. The second-order valence-electron chi connectivity index (χ2n) is 6.28. The Labute approximate surface area is 148 Å². The number of carbonyl (C=O) groups is 1. The minimum Gasteiger partial charge on any atom is -0.369 e. The Morgan fingerprint density at radius 1 is 1.12 bits per heavy atom. The summed E-state index contributed by atoms with van der Waals surface area (Å²) in [6.45, 7) is 11.8. The number of nitrogens with one attached hydrogen (secondary N) is 1. The molecule has 0 aliphatic carbocycles. The van der Waals surface area contributed by atoms with Crippen molar-refractivity contribution in [2.45, 2.75) is 20.8 Å². The van der Waals surface area contributed by atoms with Crippen molar-refractivity contribution in [2.24, 2.45) is 0 Å². The smallest absolute Gasteiger partial charge is 0.265 e.